The number of piperidine rings is 1. The average Bonchev–Trinajstić information content (AvgIpc) is 2.36. The average molecular weight is 296 g/mol. The molecule has 2 amide bonds. The van der Waals surface area contributed by atoms with Crippen LogP contribution in [0, 0.1) is 5.92 Å². The van der Waals surface area contributed by atoms with Crippen LogP contribution in [0.25, 0.3) is 0 Å². The van der Waals surface area contributed by atoms with E-state index < -0.39 is 36.4 Å². The van der Waals surface area contributed by atoms with Gasteiger partial charge in [0.15, 0.2) is 0 Å². The fraction of sp³-hybridized carbons (Fsp3) is 0.727. The Kier molecular flexibility index (Phi) is 4.96. The number of carbonyl (C=O) groups is 3. The normalized spacial score (nSPS) is 19.6. The zero-order chi connectivity index (χ0) is 15.5. The second-order valence-corrected chi connectivity index (χ2v) is 4.68. The molecule has 114 valence electrons. The van der Waals surface area contributed by atoms with Gasteiger partial charge in [-0.1, -0.05) is 0 Å². The van der Waals surface area contributed by atoms with E-state index in [1.165, 1.54) is 4.90 Å². The van der Waals surface area contributed by atoms with Crippen molar-refractivity contribution in [3.8, 4) is 0 Å². The van der Waals surface area contributed by atoms with E-state index in [1.54, 1.807) is 0 Å². The van der Waals surface area contributed by atoms with Crippen molar-refractivity contribution in [1.29, 1.82) is 0 Å². The summed E-state index contributed by atoms with van der Waals surface area (Å²) in [5.41, 5.74) is 0. The number of halogens is 3. The van der Waals surface area contributed by atoms with E-state index in [-0.39, 0.29) is 18.0 Å². The van der Waals surface area contributed by atoms with Crippen molar-refractivity contribution in [2.45, 2.75) is 19.0 Å². The van der Waals surface area contributed by atoms with Crippen molar-refractivity contribution < 1.29 is 32.7 Å². The number of alkyl halides is 3. The number of carboxylic acids is 1. The van der Waals surface area contributed by atoms with Gasteiger partial charge in [-0.25, -0.2) is 0 Å². The highest BCUT2D eigenvalue weighted by atomic mass is 19.4. The van der Waals surface area contributed by atoms with E-state index in [2.05, 4.69) is 0 Å². The molecule has 0 aliphatic carbocycles. The molecule has 1 aliphatic heterocycles. The van der Waals surface area contributed by atoms with Crippen LogP contribution in [0.2, 0.25) is 0 Å². The van der Waals surface area contributed by atoms with Crippen LogP contribution in [0.15, 0.2) is 0 Å². The monoisotopic (exact) mass is 296 g/mol. The minimum atomic E-state index is -5.03. The van der Waals surface area contributed by atoms with Gasteiger partial charge in [0.2, 0.25) is 5.91 Å². The maximum absolute atomic E-state index is 12.2. The molecule has 1 fully saturated rings. The van der Waals surface area contributed by atoms with Gasteiger partial charge in [0, 0.05) is 20.1 Å². The summed E-state index contributed by atoms with van der Waals surface area (Å²) in [7, 11) is 0.881. The van der Waals surface area contributed by atoms with Crippen molar-refractivity contribution in [2.24, 2.45) is 5.92 Å². The molecule has 9 heteroatoms. The first-order valence-electron chi connectivity index (χ1n) is 5.95. The molecule has 0 saturated carbocycles. The molecule has 1 unspecified atom stereocenters. The zero-order valence-electron chi connectivity index (χ0n) is 10.8. The van der Waals surface area contributed by atoms with Crippen LogP contribution in [0.5, 0.6) is 0 Å². The van der Waals surface area contributed by atoms with Gasteiger partial charge in [0.05, 0.1) is 12.5 Å². The second kappa shape index (κ2) is 6.10. The van der Waals surface area contributed by atoms with Crippen LogP contribution < -0.4 is 0 Å². The van der Waals surface area contributed by atoms with Crippen LogP contribution in [0.4, 0.5) is 13.2 Å². The molecule has 1 rings (SSSR count). The Morgan fingerprint density at radius 2 is 1.95 bits per heavy atom. The number of carbonyl (C=O) groups excluding carboxylic acids is 2. The SMILES string of the molecule is CN(CC(=O)N1CCCC(C(=O)O)C1)C(=O)C(F)(F)F. The van der Waals surface area contributed by atoms with E-state index in [1.807, 2.05) is 0 Å². The van der Waals surface area contributed by atoms with Gasteiger partial charge in [0.25, 0.3) is 0 Å². The molecular formula is C11H15F3N2O4. The minimum Gasteiger partial charge on any atom is -0.481 e. The molecule has 20 heavy (non-hydrogen) atoms. The van der Waals surface area contributed by atoms with E-state index in [0.717, 1.165) is 7.05 Å². The number of likely N-dealkylation sites (tertiary alicyclic amines) is 1. The van der Waals surface area contributed by atoms with Crippen molar-refractivity contribution >= 4 is 17.8 Å². The Morgan fingerprint density at radius 1 is 1.35 bits per heavy atom. The van der Waals surface area contributed by atoms with Gasteiger partial charge in [-0.05, 0) is 12.8 Å². The predicted molar refractivity (Wildman–Crippen MR) is 60.6 cm³/mol. The maximum atomic E-state index is 12.2. The molecule has 0 aromatic rings. The van der Waals surface area contributed by atoms with Crippen LogP contribution in [0.1, 0.15) is 12.8 Å². The lowest BCUT2D eigenvalue weighted by molar-refractivity contribution is -0.184. The first kappa shape index (κ1) is 16.3. The number of aliphatic carboxylic acids is 1. The number of carboxylic acid groups (broad SMARTS) is 1. The Bertz CT molecular complexity index is 411. The van der Waals surface area contributed by atoms with Crippen molar-refractivity contribution in [2.75, 3.05) is 26.7 Å². The first-order valence-corrected chi connectivity index (χ1v) is 5.95. The minimum absolute atomic E-state index is 0.0395. The molecule has 0 spiro atoms. The number of rotatable bonds is 3. The summed E-state index contributed by atoms with van der Waals surface area (Å²) in [4.78, 5) is 35.0. The van der Waals surface area contributed by atoms with Gasteiger partial charge in [-0.2, -0.15) is 13.2 Å². The lowest BCUT2D eigenvalue weighted by Crippen LogP contribution is -2.48. The maximum Gasteiger partial charge on any atom is 0.471 e. The summed E-state index contributed by atoms with van der Waals surface area (Å²) >= 11 is 0. The van der Waals surface area contributed by atoms with Crippen LogP contribution in [-0.2, 0) is 14.4 Å². The van der Waals surface area contributed by atoms with Gasteiger partial charge in [-0.15, -0.1) is 0 Å². The zero-order valence-corrected chi connectivity index (χ0v) is 10.8. The van der Waals surface area contributed by atoms with Crippen molar-refractivity contribution in [3.05, 3.63) is 0 Å². The van der Waals surface area contributed by atoms with Gasteiger partial charge in [0.1, 0.15) is 0 Å². The van der Waals surface area contributed by atoms with E-state index in [9.17, 15) is 27.6 Å². The fourth-order valence-electron chi connectivity index (χ4n) is 2.00. The first-order chi connectivity index (χ1) is 9.12. The highest BCUT2D eigenvalue weighted by Crippen LogP contribution is 2.19. The third-order valence-corrected chi connectivity index (χ3v) is 3.08. The third-order valence-electron chi connectivity index (χ3n) is 3.08. The largest absolute Gasteiger partial charge is 0.481 e. The smallest absolute Gasteiger partial charge is 0.471 e. The Hall–Kier alpha value is -1.80. The number of hydrogen-bond acceptors (Lipinski definition) is 3. The molecule has 0 aromatic carbocycles. The quantitative estimate of drug-likeness (QED) is 0.814. The number of hydrogen-bond donors (Lipinski definition) is 1. The fourth-order valence-corrected chi connectivity index (χ4v) is 2.00. The second-order valence-electron chi connectivity index (χ2n) is 4.68. The topological polar surface area (TPSA) is 77.9 Å². The van der Waals surface area contributed by atoms with Crippen LogP contribution in [0.3, 0.4) is 0 Å². The molecule has 1 atom stereocenters. The lowest BCUT2D eigenvalue weighted by Gasteiger charge is -2.32. The summed E-state index contributed by atoms with van der Waals surface area (Å²) < 4.78 is 36.5. The Labute approximate surface area is 113 Å². The summed E-state index contributed by atoms with van der Waals surface area (Å²) in [5.74, 6) is -4.53. The van der Waals surface area contributed by atoms with E-state index in [0.29, 0.717) is 12.8 Å². The lowest BCUT2D eigenvalue weighted by atomic mass is 9.98. The molecule has 0 aromatic heterocycles. The van der Waals surface area contributed by atoms with Gasteiger partial charge in [-0.3, -0.25) is 14.4 Å². The predicted octanol–water partition coefficient (Wildman–Crippen LogP) is 0.330. The molecule has 1 saturated heterocycles. The molecule has 1 aliphatic rings. The molecule has 6 nitrogen and oxygen atoms in total. The van der Waals surface area contributed by atoms with Gasteiger partial charge >= 0.3 is 18.1 Å². The standard InChI is InChI=1S/C11H15F3N2O4/c1-15(10(20)11(12,13)14)6-8(17)16-4-2-3-7(5-16)9(18)19/h7H,2-6H2,1H3,(H,18,19). The summed E-state index contributed by atoms with van der Waals surface area (Å²) in [6.45, 7) is -0.469. The van der Waals surface area contributed by atoms with E-state index >= 15 is 0 Å². The number of likely N-dealkylation sites (N-methyl/N-ethyl adjacent to an activating group) is 1. The molecule has 0 radical (unpaired) electrons. The summed E-state index contributed by atoms with van der Waals surface area (Å²) in [6.07, 6.45) is -4.13. The molecular weight excluding hydrogens is 281 g/mol. The van der Waals surface area contributed by atoms with Crippen LogP contribution >= 0.6 is 0 Å². The molecule has 1 heterocycles. The van der Waals surface area contributed by atoms with Crippen LogP contribution in [-0.4, -0.2) is 65.5 Å². The molecule has 1 N–H and O–H groups in total. The Balaban J connectivity index is 2.58. The Morgan fingerprint density at radius 3 is 2.45 bits per heavy atom. The van der Waals surface area contributed by atoms with Gasteiger partial charge < -0.3 is 14.9 Å². The van der Waals surface area contributed by atoms with Crippen molar-refractivity contribution in [1.82, 2.24) is 9.80 Å². The summed E-state index contributed by atoms with van der Waals surface area (Å²) in [5, 5.41) is 8.86. The highest BCUT2D eigenvalue weighted by molar-refractivity contribution is 5.87. The third kappa shape index (κ3) is 4.10. The number of amides is 2. The van der Waals surface area contributed by atoms with E-state index in [4.69, 9.17) is 5.11 Å². The van der Waals surface area contributed by atoms with Crippen molar-refractivity contribution in [3.63, 3.8) is 0 Å². The summed E-state index contributed by atoms with van der Waals surface area (Å²) in [6, 6.07) is 0. The highest BCUT2D eigenvalue weighted by Gasteiger charge is 2.42. The molecule has 0 bridgehead atoms. The number of nitrogens with zero attached hydrogens (tertiary/aromatic N) is 2.